The third kappa shape index (κ3) is 79.5. The van der Waals surface area contributed by atoms with Gasteiger partial charge in [0.15, 0.2) is 6.10 Å². The van der Waals surface area contributed by atoms with Crippen molar-refractivity contribution in [3.63, 3.8) is 0 Å². The SMILES string of the molecule is CC/C=C\C/C=C\C/C=C\C/C=C\C/C=C\C/C=C\CCCCCCCCCCCCCCCCCCC(=O)OCC(O)COP(=O)(O)OCC(O)COP(=O)(O)OCC(COC(=O)CC/C=C\C/C=C\C/C=C\C/C=C\C/C=C\C/C=C\CC)OC(=O)CCCCCCC/C=C\C/C=C\C/C=C\CC. The summed E-state index contributed by atoms with van der Waals surface area (Å²) < 4.78 is 61.0. The van der Waals surface area contributed by atoms with Crippen LogP contribution in [0.2, 0.25) is 0 Å². The molecule has 0 rings (SSSR count). The predicted octanol–water partition coefficient (Wildman–Crippen LogP) is 23.8. The number of hydrogen-bond donors (Lipinski definition) is 4. The highest BCUT2D eigenvalue weighted by Gasteiger charge is 2.29. The van der Waals surface area contributed by atoms with Crippen molar-refractivity contribution in [3.05, 3.63) is 182 Å². The Balaban J connectivity index is 4.48. The second kappa shape index (κ2) is 78.2. The molecule has 105 heavy (non-hydrogen) atoms. The molecule has 0 spiro atoms. The second-order valence-electron chi connectivity index (χ2n) is 26.1. The monoisotopic (exact) mass is 1500 g/mol. The van der Waals surface area contributed by atoms with Crippen LogP contribution >= 0.6 is 15.6 Å². The van der Waals surface area contributed by atoms with Gasteiger partial charge in [0.25, 0.3) is 0 Å². The van der Waals surface area contributed by atoms with E-state index in [1.54, 1.807) is 0 Å². The molecule has 0 heterocycles. The first-order chi connectivity index (χ1) is 51.2. The average molecular weight is 1510 g/mol. The van der Waals surface area contributed by atoms with E-state index in [0.29, 0.717) is 25.7 Å². The molecule has 5 unspecified atom stereocenters. The summed E-state index contributed by atoms with van der Waals surface area (Å²) in [6.07, 6.45) is 101. The fourth-order valence-electron chi connectivity index (χ4n) is 10.1. The van der Waals surface area contributed by atoms with Crippen LogP contribution in [0.25, 0.3) is 0 Å². The van der Waals surface area contributed by atoms with Crippen molar-refractivity contribution in [2.45, 2.75) is 309 Å². The van der Waals surface area contributed by atoms with Gasteiger partial charge < -0.3 is 34.2 Å². The third-order valence-electron chi connectivity index (χ3n) is 16.1. The standard InChI is InChI=1S/C87H142O16P2/c1-4-7-10-13-16-19-22-25-28-30-32-33-34-35-36-37-38-39-40-41-42-43-44-45-46-47-49-51-53-55-58-61-64-67-70-73-85(90)97-76-82(88)77-99-104(93,94)100-78-83(89)79-101-105(95,96)102-81-84(103-87(92)75-72-69-66-63-60-57-52-27-24-21-18-15-12-9-6-3)80-98-86(91)74-71-68-65-62-59-56-54-50-48-31-29-26-23-20-17-14-11-8-5-2/h7-12,16-21,25-29,32-33,35-36,38-39,48,50,52,56,59,65,68,82-84,88-89H,4-6,13-15,22-24,30-31,34,37,40-47,49,51,53-55,57-58,60-64,66-67,69-81H2,1-3H3,(H,93,94)(H,95,96)/b10-7-,11-8-,12-9-,19-16-,20-17-,21-18-,28-25-,29-26-,33-32-,36-35-,39-38-,50-48-,52-27-,59-56-,68-65-. The van der Waals surface area contributed by atoms with Crippen molar-refractivity contribution in [2.24, 2.45) is 0 Å². The number of phosphoric acid groups is 2. The lowest BCUT2D eigenvalue weighted by atomic mass is 10.0. The van der Waals surface area contributed by atoms with Crippen LogP contribution in [0.5, 0.6) is 0 Å². The number of aliphatic hydroxyl groups is 2. The van der Waals surface area contributed by atoms with Crippen LogP contribution in [-0.4, -0.2) is 95.9 Å². The Morgan fingerprint density at radius 2 is 0.495 bits per heavy atom. The summed E-state index contributed by atoms with van der Waals surface area (Å²) >= 11 is 0. The molecule has 0 amide bonds. The fourth-order valence-corrected chi connectivity index (χ4v) is 11.7. The van der Waals surface area contributed by atoms with E-state index in [1.807, 2.05) is 18.2 Å². The normalized spacial score (nSPS) is 14.9. The van der Waals surface area contributed by atoms with Crippen LogP contribution in [0.4, 0.5) is 0 Å². The molecule has 0 radical (unpaired) electrons. The fraction of sp³-hybridized carbons (Fsp3) is 0.621. The molecular formula is C87H142O16P2. The first-order valence-electron chi connectivity index (χ1n) is 40.1. The Morgan fingerprint density at radius 3 is 0.810 bits per heavy atom. The maximum absolute atomic E-state index is 12.9. The van der Waals surface area contributed by atoms with Crippen LogP contribution < -0.4 is 0 Å². The zero-order valence-corrected chi connectivity index (χ0v) is 66.9. The average Bonchev–Trinajstić information content (AvgIpc) is 0.942. The van der Waals surface area contributed by atoms with E-state index in [0.717, 1.165) is 141 Å². The number of carbonyl (C=O) groups is 3. The Bertz CT molecular complexity index is 2640. The zero-order chi connectivity index (χ0) is 76.6. The van der Waals surface area contributed by atoms with Gasteiger partial charge in [-0.2, -0.15) is 0 Å². The van der Waals surface area contributed by atoms with E-state index in [2.05, 4.69) is 185 Å². The number of aliphatic hydroxyl groups excluding tert-OH is 2. The van der Waals surface area contributed by atoms with Crippen LogP contribution in [0.3, 0.4) is 0 Å². The number of ether oxygens (including phenoxy) is 3. The van der Waals surface area contributed by atoms with Crippen molar-refractivity contribution in [2.75, 3.05) is 39.6 Å². The van der Waals surface area contributed by atoms with E-state index in [4.69, 9.17) is 32.3 Å². The van der Waals surface area contributed by atoms with Crippen LogP contribution in [-0.2, 0) is 55.8 Å². The molecule has 0 aliphatic rings. The molecule has 4 N–H and O–H groups in total. The first kappa shape index (κ1) is 99.7. The molecule has 0 aromatic carbocycles. The molecule has 0 aromatic rings. The molecule has 5 atom stereocenters. The maximum Gasteiger partial charge on any atom is 0.472 e. The molecule has 0 aliphatic carbocycles. The lowest BCUT2D eigenvalue weighted by Crippen LogP contribution is -2.30. The summed E-state index contributed by atoms with van der Waals surface area (Å²) in [5.74, 6) is -1.70. The number of rotatable bonds is 74. The molecule has 596 valence electrons. The van der Waals surface area contributed by atoms with E-state index >= 15 is 0 Å². The molecule has 0 saturated heterocycles. The predicted molar refractivity (Wildman–Crippen MR) is 435 cm³/mol. The Labute approximate surface area is 636 Å². The molecule has 0 aliphatic heterocycles. The number of carbonyl (C=O) groups excluding carboxylic acids is 3. The first-order valence-corrected chi connectivity index (χ1v) is 43.1. The largest absolute Gasteiger partial charge is 0.472 e. The molecule has 0 bridgehead atoms. The molecule has 0 aromatic heterocycles. The van der Waals surface area contributed by atoms with Crippen LogP contribution in [0.15, 0.2) is 182 Å². The van der Waals surface area contributed by atoms with Gasteiger partial charge in [-0.25, -0.2) is 9.13 Å². The quantitative estimate of drug-likeness (QED) is 0.0146. The van der Waals surface area contributed by atoms with Crippen molar-refractivity contribution < 1.29 is 75.8 Å². The lowest BCUT2D eigenvalue weighted by Gasteiger charge is -2.21. The van der Waals surface area contributed by atoms with Crippen LogP contribution in [0.1, 0.15) is 290 Å². The van der Waals surface area contributed by atoms with Gasteiger partial charge in [-0.3, -0.25) is 32.5 Å². The highest BCUT2D eigenvalue weighted by molar-refractivity contribution is 7.47. The van der Waals surface area contributed by atoms with Gasteiger partial charge in [0.1, 0.15) is 25.4 Å². The lowest BCUT2D eigenvalue weighted by molar-refractivity contribution is -0.161. The van der Waals surface area contributed by atoms with Gasteiger partial charge in [-0.15, -0.1) is 0 Å². The Hall–Kier alpha value is -5.35. The Morgan fingerprint density at radius 1 is 0.267 bits per heavy atom. The van der Waals surface area contributed by atoms with E-state index < -0.39 is 91.5 Å². The minimum atomic E-state index is -4.96. The van der Waals surface area contributed by atoms with Crippen molar-refractivity contribution in [1.29, 1.82) is 0 Å². The number of unbranched alkanes of at least 4 members (excludes halogenated alkanes) is 21. The summed E-state index contributed by atoms with van der Waals surface area (Å²) in [5.41, 5.74) is 0. The van der Waals surface area contributed by atoms with Crippen molar-refractivity contribution >= 4 is 33.6 Å². The Kier molecular flexibility index (Phi) is 74.3. The summed E-state index contributed by atoms with van der Waals surface area (Å²) in [7, 11) is -9.83. The van der Waals surface area contributed by atoms with Gasteiger partial charge in [0.2, 0.25) is 0 Å². The smallest absolute Gasteiger partial charge is 0.463 e. The molecule has 0 fully saturated rings. The molecule has 16 nitrogen and oxygen atoms in total. The van der Waals surface area contributed by atoms with Crippen molar-refractivity contribution in [1.82, 2.24) is 0 Å². The number of esters is 3. The third-order valence-corrected chi connectivity index (χ3v) is 18.0. The summed E-state index contributed by atoms with van der Waals surface area (Å²) in [4.78, 5) is 58.6. The maximum atomic E-state index is 12.9. The highest BCUT2D eigenvalue weighted by Crippen LogP contribution is 2.45. The van der Waals surface area contributed by atoms with Gasteiger partial charge in [-0.1, -0.05) is 312 Å². The van der Waals surface area contributed by atoms with Gasteiger partial charge in [0.05, 0.1) is 26.4 Å². The number of hydrogen-bond acceptors (Lipinski definition) is 14. The minimum absolute atomic E-state index is 0.0356. The topological polar surface area (TPSA) is 231 Å². The minimum Gasteiger partial charge on any atom is -0.463 e. The number of phosphoric ester groups is 2. The van der Waals surface area contributed by atoms with Gasteiger partial charge in [0, 0.05) is 19.3 Å². The summed E-state index contributed by atoms with van der Waals surface area (Å²) in [5, 5.41) is 20.6. The molecule has 0 saturated carbocycles. The summed E-state index contributed by atoms with van der Waals surface area (Å²) in [6.45, 7) is 2.21. The molecular weight excluding hydrogens is 1360 g/mol. The zero-order valence-electron chi connectivity index (χ0n) is 65.1. The van der Waals surface area contributed by atoms with Gasteiger partial charge >= 0.3 is 33.6 Å². The summed E-state index contributed by atoms with van der Waals surface area (Å²) in [6, 6.07) is 0. The van der Waals surface area contributed by atoms with Crippen molar-refractivity contribution in [3.8, 4) is 0 Å². The van der Waals surface area contributed by atoms with E-state index in [-0.39, 0.29) is 19.3 Å². The second-order valence-corrected chi connectivity index (χ2v) is 29.0. The van der Waals surface area contributed by atoms with E-state index in [1.165, 1.54) is 83.5 Å². The molecule has 18 heteroatoms. The highest BCUT2D eigenvalue weighted by atomic mass is 31.2. The number of allylic oxidation sites excluding steroid dienone is 30. The van der Waals surface area contributed by atoms with Gasteiger partial charge in [-0.05, 0) is 141 Å². The van der Waals surface area contributed by atoms with Crippen LogP contribution in [0, 0.1) is 0 Å². The van der Waals surface area contributed by atoms with E-state index in [9.17, 15) is 43.5 Å².